The van der Waals surface area contributed by atoms with Crippen LogP contribution >= 0.6 is 23.5 Å². The standard InChI is InChI=1S/C13H20N2OS2/c1-3-16-11-6-10(7-15-8-11)13(14-2)12-9-17-4-5-18-12/h6-8,12-14H,3-5,9H2,1-2H3. The predicted molar refractivity (Wildman–Crippen MR) is 80.8 cm³/mol. The van der Waals surface area contributed by atoms with Crippen LogP contribution in [0.4, 0.5) is 0 Å². The van der Waals surface area contributed by atoms with E-state index in [1.807, 2.05) is 31.9 Å². The summed E-state index contributed by atoms with van der Waals surface area (Å²) in [7, 11) is 2.03. The maximum Gasteiger partial charge on any atom is 0.137 e. The Morgan fingerprint density at radius 1 is 1.50 bits per heavy atom. The Labute approximate surface area is 117 Å². The fraction of sp³-hybridized carbons (Fsp3) is 0.615. The highest BCUT2D eigenvalue weighted by atomic mass is 32.2. The van der Waals surface area contributed by atoms with Crippen LogP contribution in [0.1, 0.15) is 18.5 Å². The topological polar surface area (TPSA) is 34.1 Å². The lowest BCUT2D eigenvalue weighted by molar-refractivity contribution is 0.338. The SMILES string of the molecule is CCOc1cncc(C(NC)C2CSCCS2)c1. The molecule has 1 aliphatic heterocycles. The number of aromatic nitrogens is 1. The first-order valence-corrected chi connectivity index (χ1v) is 8.50. The lowest BCUT2D eigenvalue weighted by Gasteiger charge is -2.29. The summed E-state index contributed by atoms with van der Waals surface area (Å²) in [6, 6.07) is 2.47. The van der Waals surface area contributed by atoms with Crippen LogP contribution in [0.3, 0.4) is 0 Å². The molecule has 2 rings (SSSR count). The van der Waals surface area contributed by atoms with Crippen molar-refractivity contribution in [3.8, 4) is 5.75 Å². The van der Waals surface area contributed by atoms with Crippen LogP contribution < -0.4 is 10.1 Å². The lowest BCUT2D eigenvalue weighted by Crippen LogP contribution is -2.31. The van der Waals surface area contributed by atoms with Crippen LogP contribution in [-0.4, -0.2) is 41.1 Å². The molecular weight excluding hydrogens is 264 g/mol. The summed E-state index contributed by atoms with van der Waals surface area (Å²) in [6.07, 6.45) is 3.73. The fourth-order valence-corrected chi connectivity index (χ4v) is 5.03. The van der Waals surface area contributed by atoms with E-state index >= 15 is 0 Å². The van der Waals surface area contributed by atoms with Crippen molar-refractivity contribution in [2.24, 2.45) is 0 Å². The molecular formula is C13H20N2OS2. The van der Waals surface area contributed by atoms with Crippen LogP contribution in [-0.2, 0) is 0 Å². The van der Waals surface area contributed by atoms with Crippen LogP contribution in [0.25, 0.3) is 0 Å². The third kappa shape index (κ3) is 3.56. The number of hydrogen-bond donors (Lipinski definition) is 1. The average Bonchev–Trinajstić information content (AvgIpc) is 2.42. The molecule has 1 aromatic heterocycles. The molecule has 2 unspecified atom stereocenters. The van der Waals surface area contributed by atoms with E-state index in [9.17, 15) is 0 Å². The molecule has 2 atom stereocenters. The maximum absolute atomic E-state index is 5.53. The Bertz CT molecular complexity index is 370. The second-order valence-corrected chi connectivity index (χ2v) is 6.63. The number of thioether (sulfide) groups is 2. The number of hydrogen-bond acceptors (Lipinski definition) is 5. The Morgan fingerprint density at radius 2 is 2.39 bits per heavy atom. The summed E-state index contributed by atoms with van der Waals surface area (Å²) >= 11 is 4.10. The largest absolute Gasteiger partial charge is 0.492 e. The molecule has 0 aromatic carbocycles. The van der Waals surface area contributed by atoms with Crippen molar-refractivity contribution in [1.82, 2.24) is 10.3 Å². The highest BCUT2D eigenvalue weighted by Crippen LogP contribution is 2.33. The molecule has 2 heterocycles. The average molecular weight is 284 g/mol. The molecule has 1 fully saturated rings. The van der Waals surface area contributed by atoms with Gasteiger partial charge in [0.15, 0.2) is 0 Å². The molecule has 0 amide bonds. The van der Waals surface area contributed by atoms with Gasteiger partial charge in [0.25, 0.3) is 0 Å². The molecule has 0 bridgehead atoms. The predicted octanol–water partition coefficient (Wildman–Crippen LogP) is 2.59. The van der Waals surface area contributed by atoms with Gasteiger partial charge in [-0.05, 0) is 25.6 Å². The summed E-state index contributed by atoms with van der Waals surface area (Å²) in [5.41, 5.74) is 1.23. The van der Waals surface area contributed by atoms with E-state index in [0.29, 0.717) is 17.9 Å². The first kappa shape index (κ1) is 14.0. The second-order valence-electron chi connectivity index (χ2n) is 4.14. The van der Waals surface area contributed by atoms with Gasteiger partial charge in [0, 0.05) is 34.7 Å². The fourth-order valence-electron chi connectivity index (χ4n) is 2.12. The van der Waals surface area contributed by atoms with Gasteiger partial charge >= 0.3 is 0 Å². The molecule has 0 saturated carbocycles. The zero-order valence-corrected chi connectivity index (χ0v) is 12.5. The highest BCUT2D eigenvalue weighted by Gasteiger charge is 2.25. The Kier molecular flexibility index (Phi) is 5.66. The second kappa shape index (κ2) is 7.26. The number of ether oxygens (including phenoxy) is 1. The van der Waals surface area contributed by atoms with Gasteiger partial charge in [0.2, 0.25) is 0 Å². The van der Waals surface area contributed by atoms with E-state index in [4.69, 9.17) is 4.74 Å². The van der Waals surface area contributed by atoms with Crippen LogP contribution in [0, 0.1) is 0 Å². The van der Waals surface area contributed by atoms with Gasteiger partial charge in [0.1, 0.15) is 5.75 Å². The lowest BCUT2D eigenvalue weighted by atomic mass is 10.1. The summed E-state index contributed by atoms with van der Waals surface area (Å²) < 4.78 is 5.53. The molecule has 1 aliphatic rings. The number of rotatable bonds is 5. The first-order valence-electron chi connectivity index (χ1n) is 6.29. The van der Waals surface area contributed by atoms with Crippen molar-refractivity contribution >= 4 is 23.5 Å². The minimum Gasteiger partial charge on any atom is -0.492 e. The van der Waals surface area contributed by atoms with Gasteiger partial charge < -0.3 is 10.1 Å². The smallest absolute Gasteiger partial charge is 0.137 e. The molecule has 1 saturated heterocycles. The number of nitrogens with one attached hydrogen (secondary N) is 1. The summed E-state index contributed by atoms with van der Waals surface area (Å²) in [5, 5.41) is 4.05. The van der Waals surface area contributed by atoms with Crippen molar-refractivity contribution < 1.29 is 4.74 Å². The zero-order chi connectivity index (χ0) is 12.8. The van der Waals surface area contributed by atoms with Crippen LogP contribution in [0.2, 0.25) is 0 Å². The van der Waals surface area contributed by atoms with Gasteiger partial charge in [-0.15, -0.1) is 0 Å². The zero-order valence-electron chi connectivity index (χ0n) is 10.9. The normalized spacial score (nSPS) is 21.6. The molecule has 1 aromatic rings. The molecule has 0 spiro atoms. The molecule has 100 valence electrons. The van der Waals surface area contributed by atoms with E-state index in [1.165, 1.54) is 22.8 Å². The quantitative estimate of drug-likeness (QED) is 0.899. The van der Waals surface area contributed by atoms with Crippen molar-refractivity contribution in [1.29, 1.82) is 0 Å². The summed E-state index contributed by atoms with van der Waals surface area (Å²) in [5.74, 6) is 4.58. The van der Waals surface area contributed by atoms with Gasteiger partial charge in [-0.3, -0.25) is 4.98 Å². The first-order chi connectivity index (χ1) is 8.85. The van der Waals surface area contributed by atoms with Gasteiger partial charge in [-0.1, -0.05) is 0 Å². The van der Waals surface area contributed by atoms with E-state index in [0.717, 1.165) is 5.75 Å². The number of nitrogens with zero attached hydrogens (tertiary/aromatic N) is 1. The Morgan fingerprint density at radius 3 is 3.06 bits per heavy atom. The molecule has 1 N–H and O–H groups in total. The van der Waals surface area contributed by atoms with Gasteiger partial charge in [-0.2, -0.15) is 23.5 Å². The summed E-state index contributed by atoms with van der Waals surface area (Å²) in [4.78, 5) is 4.29. The number of pyridine rings is 1. The minimum absolute atomic E-state index is 0.357. The maximum atomic E-state index is 5.53. The minimum atomic E-state index is 0.357. The highest BCUT2D eigenvalue weighted by molar-refractivity contribution is 8.06. The van der Waals surface area contributed by atoms with Crippen molar-refractivity contribution in [3.63, 3.8) is 0 Å². The molecule has 3 nitrogen and oxygen atoms in total. The third-order valence-corrected chi connectivity index (χ3v) is 5.79. The molecule has 18 heavy (non-hydrogen) atoms. The van der Waals surface area contributed by atoms with Crippen molar-refractivity contribution in [2.75, 3.05) is 30.9 Å². The molecule has 5 heteroatoms. The van der Waals surface area contributed by atoms with E-state index in [1.54, 1.807) is 6.20 Å². The van der Waals surface area contributed by atoms with E-state index in [-0.39, 0.29) is 0 Å². The Hall–Kier alpha value is -0.390. The van der Waals surface area contributed by atoms with Gasteiger partial charge in [-0.25, -0.2) is 0 Å². The van der Waals surface area contributed by atoms with Crippen LogP contribution in [0.5, 0.6) is 5.75 Å². The van der Waals surface area contributed by atoms with Crippen LogP contribution in [0.15, 0.2) is 18.5 Å². The Balaban J connectivity index is 2.12. The van der Waals surface area contributed by atoms with E-state index < -0.39 is 0 Å². The monoisotopic (exact) mass is 284 g/mol. The van der Waals surface area contributed by atoms with Crippen molar-refractivity contribution in [2.45, 2.75) is 18.2 Å². The molecule has 0 aliphatic carbocycles. The van der Waals surface area contributed by atoms with Crippen molar-refractivity contribution in [3.05, 3.63) is 24.0 Å². The van der Waals surface area contributed by atoms with E-state index in [2.05, 4.69) is 28.1 Å². The summed E-state index contributed by atoms with van der Waals surface area (Å²) in [6.45, 7) is 2.68. The molecule has 0 radical (unpaired) electrons. The third-order valence-electron chi connectivity index (χ3n) is 2.93. The van der Waals surface area contributed by atoms with Gasteiger partial charge in [0.05, 0.1) is 12.8 Å².